The fourth-order valence-electron chi connectivity index (χ4n) is 3.22. The molecule has 0 aromatic heterocycles. The predicted octanol–water partition coefficient (Wildman–Crippen LogP) is 1.80. The molecule has 0 heterocycles. The molecule has 0 aliphatic rings. The zero-order valence-corrected chi connectivity index (χ0v) is 21.4. The molecular weight excluding hydrogens is 480 g/mol. The number of amides is 1. The second-order valence-electron chi connectivity index (χ2n) is 9.78. The lowest BCUT2D eigenvalue weighted by Gasteiger charge is -2.27. The summed E-state index contributed by atoms with van der Waals surface area (Å²) >= 11 is 0. The third kappa shape index (κ3) is 9.66. The molecule has 2 rings (SSSR count). The zero-order valence-electron chi connectivity index (χ0n) is 21.4. The van der Waals surface area contributed by atoms with Gasteiger partial charge in [-0.25, -0.2) is 4.79 Å². The first-order valence-corrected chi connectivity index (χ1v) is 11.7. The van der Waals surface area contributed by atoms with Gasteiger partial charge in [0.2, 0.25) is 18.4 Å². The zero-order chi connectivity index (χ0) is 27.6. The van der Waals surface area contributed by atoms with E-state index in [1.54, 1.807) is 75.4 Å². The molecule has 0 aliphatic heterocycles. The molecule has 0 bridgehead atoms. The Morgan fingerprint density at radius 3 is 1.76 bits per heavy atom. The van der Waals surface area contributed by atoms with Gasteiger partial charge >= 0.3 is 17.9 Å². The first-order valence-electron chi connectivity index (χ1n) is 11.7. The maximum absolute atomic E-state index is 13.1. The molecule has 0 saturated heterocycles. The highest BCUT2D eigenvalue weighted by Crippen LogP contribution is 2.15. The minimum atomic E-state index is -2.52. The van der Waals surface area contributed by atoms with Crippen molar-refractivity contribution in [3.63, 3.8) is 0 Å². The van der Waals surface area contributed by atoms with Gasteiger partial charge in [0.25, 0.3) is 0 Å². The van der Waals surface area contributed by atoms with Crippen LogP contribution in [0.25, 0.3) is 0 Å². The van der Waals surface area contributed by atoms with Crippen LogP contribution in [-0.4, -0.2) is 58.6 Å². The van der Waals surface area contributed by atoms with E-state index in [0.29, 0.717) is 0 Å². The SMILES string of the molecule is CC(C)(C)C(=O)OCOC(=O)C(Cc1ccccc1)N[C@@H](Cc1ccccc1)C(=O)N[C@](C)(O)C(=O)O. The highest BCUT2D eigenvalue weighted by Gasteiger charge is 2.36. The van der Waals surface area contributed by atoms with Crippen LogP contribution in [0.5, 0.6) is 0 Å². The number of carboxylic acids is 1. The number of benzene rings is 2. The van der Waals surface area contributed by atoms with Crippen molar-refractivity contribution in [1.82, 2.24) is 10.6 Å². The summed E-state index contributed by atoms with van der Waals surface area (Å²) in [4.78, 5) is 49.5. The number of hydrogen-bond donors (Lipinski definition) is 4. The van der Waals surface area contributed by atoms with Gasteiger partial charge in [-0.15, -0.1) is 0 Å². The number of esters is 2. The second-order valence-corrected chi connectivity index (χ2v) is 9.78. The van der Waals surface area contributed by atoms with Gasteiger partial charge in [-0.1, -0.05) is 60.7 Å². The Kier molecular flexibility index (Phi) is 10.3. The van der Waals surface area contributed by atoms with Gasteiger partial charge in [-0.2, -0.15) is 0 Å². The summed E-state index contributed by atoms with van der Waals surface area (Å²) in [7, 11) is 0. The van der Waals surface area contributed by atoms with E-state index in [2.05, 4.69) is 10.6 Å². The van der Waals surface area contributed by atoms with Gasteiger partial charge in [0, 0.05) is 0 Å². The lowest BCUT2D eigenvalue weighted by molar-refractivity contribution is -0.174. The maximum Gasteiger partial charge on any atom is 0.356 e. The molecule has 0 saturated carbocycles. The van der Waals surface area contributed by atoms with Crippen LogP contribution in [-0.2, 0) is 41.5 Å². The fraction of sp³-hybridized carbons (Fsp3) is 0.407. The number of aliphatic carboxylic acids is 1. The predicted molar refractivity (Wildman–Crippen MR) is 134 cm³/mol. The largest absolute Gasteiger partial charge is 0.478 e. The normalized spacial score (nSPS) is 14.5. The Morgan fingerprint density at radius 1 is 0.811 bits per heavy atom. The van der Waals surface area contributed by atoms with E-state index in [0.717, 1.165) is 18.1 Å². The van der Waals surface area contributed by atoms with Crippen molar-refractivity contribution in [2.24, 2.45) is 5.41 Å². The number of rotatable bonds is 12. The van der Waals surface area contributed by atoms with Crippen LogP contribution in [0.2, 0.25) is 0 Å². The highest BCUT2D eigenvalue weighted by atomic mass is 16.7. The molecule has 0 radical (unpaired) electrons. The van der Waals surface area contributed by atoms with E-state index in [1.165, 1.54) is 0 Å². The minimum Gasteiger partial charge on any atom is -0.478 e. The number of ether oxygens (including phenoxy) is 2. The molecule has 4 N–H and O–H groups in total. The Bertz CT molecular complexity index is 1060. The van der Waals surface area contributed by atoms with Crippen molar-refractivity contribution in [2.75, 3.05) is 6.79 Å². The second kappa shape index (κ2) is 13.0. The molecule has 0 spiro atoms. The third-order valence-electron chi connectivity index (χ3n) is 5.36. The molecule has 2 aromatic rings. The standard InChI is InChI=1S/C27H34N2O8/c1-26(2,3)25(34)37-17-36-23(31)21(16-19-13-9-6-10-14-19)28-20(15-18-11-7-5-8-12-18)22(30)29-27(4,35)24(32)33/h5-14,20-21,28,35H,15-17H2,1-4H3,(H,29,30)(H,32,33)/t20-,21?,27+/m0/s1. The quantitative estimate of drug-likeness (QED) is 0.245. The van der Waals surface area contributed by atoms with E-state index in [9.17, 15) is 29.4 Å². The maximum atomic E-state index is 13.1. The molecule has 1 unspecified atom stereocenters. The lowest BCUT2D eigenvalue weighted by Crippen LogP contribution is -2.60. The number of hydrogen-bond acceptors (Lipinski definition) is 8. The van der Waals surface area contributed by atoms with E-state index in [-0.39, 0.29) is 12.8 Å². The van der Waals surface area contributed by atoms with Crippen molar-refractivity contribution < 1.29 is 38.9 Å². The molecule has 2 aromatic carbocycles. The fourth-order valence-corrected chi connectivity index (χ4v) is 3.22. The van der Waals surface area contributed by atoms with E-state index < -0.39 is 53.8 Å². The topological polar surface area (TPSA) is 151 Å². The average Bonchev–Trinajstić information content (AvgIpc) is 2.83. The van der Waals surface area contributed by atoms with E-state index in [1.807, 2.05) is 6.07 Å². The van der Waals surface area contributed by atoms with Gasteiger partial charge in [-0.3, -0.25) is 19.7 Å². The number of nitrogens with one attached hydrogen (secondary N) is 2. The van der Waals surface area contributed by atoms with Crippen molar-refractivity contribution in [3.8, 4) is 0 Å². The molecule has 0 aliphatic carbocycles. The van der Waals surface area contributed by atoms with Crippen molar-refractivity contribution in [3.05, 3.63) is 71.8 Å². The summed E-state index contributed by atoms with van der Waals surface area (Å²) in [5.74, 6) is -3.80. The molecule has 0 fully saturated rings. The van der Waals surface area contributed by atoms with Crippen LogP contribution >= 0.6 is 0 Å². The summed E-state index contributed by atoms with van der Waals surface area (Å²) in [6.07, 6.45) is 0.209. The van der Waals surface area contributed by atoms with Crippen molar-refractivity contribution in [1.29, 1.82) is 0 Å². The van der Waals surface area contributed by atoms with Crippen LogP contribution in [0.1, 0.15) is 38.8 Å². The van der Waals surface area contributed by atoms with Crippen LogP contribution < -0.4 is 10.6 Å². The smallest absolute Gasteiger partial charge is 0.356 e. The number of carbonyl (C=O) groups excluding carboxylic acids is 3. The Balaban J connectivity index is 2.27. The van der Waals surface area contributed by atoms with Crippen LogP contribution in [0.4, 0.5) is 0 Å². The Labute approximate surface area is 216 Å². The van der Waals surface area contributed by atoms with Crippen molar-refractivity contribution >= 4 is 23.8 Å². The first-order chi connectivity index (χ1) is 17.3. The summed E-state index contributed by atoms with van der Waals surface area (Å²) in [6, 6.07) is 15.7. The molecule has 10 nitrogen and oxygen atoms in total. The Morgan fingerprint density at radius 2 is 1.30 bits per heavy atom. The molecule has 3 atom stereocenters. The molecule has 37 heavy (non-hydrogen) atoms. The van der Waals surface area contributed by atoms with Crippen molar-refractivity contribution in [2.45, 2.75) is 58.3 Å². The summed E-state index contributed by atoms with van der Waals surface area (Å²) in [5, 5.41) is 24.4. The number of carbonyl (C=O) groups is 4. The van der Waals surface area contributed by atoms with E-state index in [4.69, 9.17) is 9.47 Å². The first kappa shape index (κ1) is 29.5. The summed E-state index contributed by atoms with van der Waals surface area (Å²) in [5.41, 5.74) is -1.81. The van der Waals surface area contributed by atoms with Crippen LogP contribution in [0, 0.1) is 5.41 Å². The molecule has 1 amide bonds. The van der Waals surface area contributed by atoms with Gasteiger partial charge in [-0.05, 0) is 51.7 Å². The number of carboxylic acid groups (broad SMARTS) is 1. The molecular formula is C27H34N2O8. The van der Waals surface area contributed by atoms with E-state index >= 15 is 0 Å². The van der Waals surface area contributed by atoms with Crippen LogP contribution in [0.3, 0.4) is 0 Å². The summed E-state index contributed by atoms with van der Waals surface area (Å²) in [6.45, 7) is 5.32. The molecule has 200 valence electrons. The average molecular weight is 515 g/mol. The van der Waals surface area contributed by atoms with Gasteiger partial charge in [0.15, 0.2) is 0 Å². The lowest BCUT2D eigenvalue weighted by atomic mass is 9.98. The monoisotopic (exact) mass is 514 g/mol. The summed E-state index contributed by atoms with van der Waals surface area (Å²) < 4.78 is 10.2. The highest BCUT2D eigenvalue weighted by molar-refractivity contribution is 5.89. The van der Waals surface area contributed by atoms with Gasteiger partial charge in [0.05, 0.1) is 11.5 Å². The van der Waals surface area contributed by atoms with Gasteiger partial charge < -0.3 is 25.0 Å². The minimum absolute atomic E-state index is 0.0833. The third-order valence-corrected chi connectivity index (χ3v) is 5.36. The Hall–Kier alpha value is -3.76. The van der Waals surface area contributed by atoms with Gasteiger partial charge in [0.1, 0.15) is 6.04 Å². The van der Waals surface area contributed by atoms with Crippen LogP contribution in [0.15, 0.2) is 60.7 Å². The number of aliphatic hydroxyl groups is 1. The molecule has 10 heteroatoms.